The predicted molar refractivity (Wildman–Crippen MR) is 379 cm³/mol. The summed E-state index contributed by atoms with van der Waals surface area (Å²) < 4.78 is 4.60. The first-order chi connectivity index (χ1) is 46.1. The maximum absolute atomic E-state index is 15.0. The molecule has 24 bridgehead atoms. The van der Waals surface area contributed by atoms with Crippen LogP contribution >= 0.6 is 0 Å². The number of hydrogen-bond donors (Lipinski definition) is 4. The number of carbonyl (C=O) groups is 4. The summed E-state index contributed by atoms with van der Waals surface area (Å²) in [5, 5.41) is 15.0. The average molecular weight is 1240 g/mol. The molecule has 95 heavy (non-hydrogen) atoms. The van der Waals surface area contributed by atoms with Crippen LogP contribution in [0.5, 0.6) is 0 Å². The van der Waals surface area contributed by atoms with Gasteiger partial charge in [-0.1, -0.05) is 143 Å². The number of nitrogens with zero attached hydrogens (tertiary/aromatic N) is 4. The number of aliphatic imine (C=N–C) groups is 2. The molecule has 0 spiro atoms. The van der Waals surface area contributed by atoms with Crippen LogP contribution in [0.15, 0.2) is 264 Å². The molecule has 0 radical (unpaired) electrons. The number of carbonyl (C=O) groups excluding carboxylic acids is 4. The number of nitrogens with one attached hydrogen (secondary N) is 4. The van der Waals surface area contributed by atoms with Crippen molar-refractivity contribution in [2.24, 2.45) is 20.8 Å². The van der Waals surface area contributed by atoms with E-state index in [0.717, 1.165) is 88.9 Å². The lowest BCUT2D eigenvalue weighted by molar-refractivity contribution is 0.101. The second-order valence-corrected chi connectivity index (χ2v) is 27.0. The van der Waals surface area contributed by atoms with Crippen LogP contribution in [-0.4, -0.2) is 44.2 Å². The van der Waals surface area contributed by atoms with E-state index in [4.69, 9.17) is 9.98 Å². The van der Waals surface area contributed by atoms with Crippen LogP contribution in [0.1, 0.15) is 125 Å². The van der Waals surface area contributed by atoms with Gasteiger partial charge in [-0.05, 0) is 192 Å². The molecule has 6 aliphatic heterocycles. The summed E-state index contributed by atoms with van der Waals surface area (Å²) in [7, 11) is 0. The van der Waals surface area contributed by atoms with Gasteiger partial charge in [-0.25, -0.2) is 9.98 Å². The highest BCUT2D eigenvalue weighted by molar-refractivity contribution is 6.33. The third-order valence-corrected chi connectivity index (χ3v) is 18.8. The quantitative estimate of drug-likeness (QED) is 0.119. The largest absolute Gasteiger partial charge is 0.322 e. The van der Waals surface area contributed by atoms with Gasteiger partial charge in [0.25, 0.3) is 23.6 Å². The van der Waals surface area contributed by atoms with E-state index in [1.165, 1.54) is 0 Å². The number of para-hydroxylation sites is 3. The first kappa shape index (κ1) is 58.3. The predicted octanol–water partition coefficient (Wildman–Crippen LogP) is 15.0. The van der Waals surface area contributed by atoms with Gasteiger partial charge in [0.15, 0.2) is 0 Å². The van der Waals surface area contributed by atoms with Gasteiger partial charge in [-0.3, -0.25) is 19.2 Å². The van der Waals surface area contributed by atoms with Crippen molar-refractivity contribution in [3.63, 3.8) is 0 Å². The van der Waals surface area contributed by atoms with E-state index in [1.807, 2.05) is 182 Å². The Hall–Kier alpha value is -11.8. The summed E-state index contributed by atoms with van der Waals surface area (Å²) in [4.78, 5) is 71.0. The van der Waals surface area contributed by atoms with Crippen molar-refractivity contribution in [3.05, 3.63) is 343 Å². The Morgan fingerprint density at radius 1 is 0.337 bits per heavy atom. The molecule has 0 saturated heterocycles. The molecule has 12 heteroatoms. The van der Waals surface area contributed by atoms with Gasteiger partial charge in [0, 0.05) is 84.0 Å². The van der Waals surface area contributed by atoms with Crippen molar-refractivity contribution < 1.29 is 19.2 Å². The van der Waals surface area contributed by atoms with Crippen LogP contribution < -0.4 is 32.0 Å². The molecule has 0 aliphatic carbocycles. The van der Waals surface area contributed by atoms with Gasteiger partial charge in [0.05, 0.1) is 44.9 Å². The van der Waals surface area contributed by atoms with Crippen molar-refractivity contribution in [3.8, 4) is 0 Å². The highest BCUT2D eigenvalue weighted by atomic mass is 16.2. The zero-order valence-electron chi connectivity index (χ0n) is 53.1. The van der Waals surface area contributed by atoms with Crippen molar-refractivity contribution in [1.29, 1.82) is 0 Å². The third kappa shape index (κ3) is 11.0. The number of amides is 4. The Morgan fingerprint density at radius 2 is 0.705 bits per heavy atom. The molecule has 8 aromatic carbocycles. The van der Waals surface area contributed by atoms with Crippen LogP contribution in [0, 0.1) is 10.8 Å². The van der Waals surface area contributed by atoms with Crippen molar-refractivity contribution in [2.75, 3.05) is 21.3 Å². The smallest absolute Gasteiger partial charge is 0.255 e. The summed E-state index contributed by atoms with van der Waals surface area (Å²) in [6, 6.07) is 71.5. The summed E-state index contributed by atoms with van der Waals surface area (Å²) in [6.45, 7) is 9.05. The van der Waals surface area contributed by atoms with Crippen LogP contribution in [0.2, 0.25) is 0 Å². The van der Waals surface area contributed by atoms with Crippen LogP contribution in [0.3, 0.4) is 0 Å². The molecule has 0 atom stereocenters. The summed E-state index contributed by atoms with van der Waals surface area (Å²) in [5.74, 6) is -1.02. The van der Waals surface area contributed by atoms with Crippen molar-refractivity contribution >= 4 is 80.1 Å². The zero-order valence-corrected chi connectivity index (χ0v) is 53.1. The van der Waals surface area contributed by atoms with Crippen molar-refractivity contribution in [2.45, 2.75) is 60.0 Å². The van der Waals surface area contributed by atoms with E-state index in [-0.39, 0.29) is 41.1 Å². The molecule has 0 unspecified atom stereocenters. The molecular weight excluding hydrogens is 1170 g/mol. The van der Waals surface area contributed by atoms with E-state index in [2.05, 4.69) is 119 Å². The van der Waals surface area contributed by atoms with Gasteiger partial charge in [-0.15, -0.1) is 0 Å². The van der Waals surface area contributed by atoms with Crippen LogP contribution in [-0.2, 0) is 32.4 Å². The summed E-state index contributed by atoms with van der Waals surface area (Å²) >= 11 is 0. The molecule has 0 saturated carbocycles. The van der Waals surface area contributed by atoms with Gasteiger partial charge in [-0.2, -0.15) is 0 Å². The Labute approximate surface area is 550 Å². The van der Waals surface area contributed by atoms with E-state index >= 15 is 9.59 Å². The average Bonchev–Trinajstić information content (AvgIpc) is 1.59. The highest BCUT2D eigenvalue weighted by Crippen LogP contribution is 2.43. The Balaban J connectivity index is 0.997. The number of fused-ring (bicyclic) bond motifs is 21. The Bertz CT molecular complexity index is 5330. The standard InChI is InChI=1S/C83H66N8O4/c1-82(2)45-50-16-11-21-55(40-50)78(92)84-59-25-15-20-54(44-59)74-66-32-33-67(85-66)75-60-26-5-8-29-63(60)87-79(93)56-22-13-18-52(42-56)47-83(3,4)48-53-19-14-24-58(43-53)81(95)89-65-31-10-7-28-62(65)77-69-35-34-68(86-69)76(71-37-36-70(74)90(71)49-91-72(75)38-39-73(77)91)61-27-6-9-30-64(61)88-80(94)57-23-12-17-51(41-57)46-82/h5-44H,45-49H2,1-4H3,(H,84,92)(H,87,93)(H,88,94)(H,89,95)/b74-66-,74-70?,75-67?,75-72-,76-68-,76-71?,77-69?,77-73+. The zero-order chi connectivity index (χ0) is 64.7. The van der Waals surface area contributed by atoms with Gasteiger partial charge in [0.2, 0.25) is 0 Å². The number of rotatable bonds is 0. The highest BCUT2D eigenvalue weighted by Gasteiger charge is 2.32. The molecule has 12 nitrogen and oxygen atoms in total. The van der Waals surface area contributed by atoms with E-state index < -0.39 is 0 Å². The van der Waals surface area contributed by atoms with Gasteiger partial charge >= 0.3 is 0 Å². The van der Waals surface area contributed by atoms with Crippen molar-refractivity contribution in [1.82, 2.24) is 9.13 Å². The maximum atomic E-state index is 15.0. The molecule has 10 aromatic rings. The molecule has 6 aliphatic rings. The first-order valence-electron chi connectivity index (χ1n) is 32.3. The fourth-order valence-corrected chi connectivity index (χ4v) is 14.8. The minimum Gasteiger partial charge on any atom is -0.322 e. The third-order valence-electron chi connectivity index (χ3n) is 18.8. The van der Waals surface area contributed by atoms with E-state index in [9.17, 15) is 9.59 Å². The Kier molecular flexibility index (Phi) is 14.2. The molecule has 0 fully saturated rings. The minimum atomic E-state index is -0.264. The van der Waals surface area contributed by atoms with E-state index in [1.54, 1.807) is 0 Å². The fourth-order valence-electron chi connectivity index (χ4n) is 14.8. The number of benzene rings is 8. The monoisotopic (exact) mass is 1240 g/mol. The summed E-state index contributed by atoms with van der Waals surface area (Å²) in [6.07, 6.45) is 10.9. The number of anilines is 4. The topological polar surface area (TPSA) is 151 Å². The first-order valence-corrected chi connectivity index (χ1v) is 32.3. The van der Waals surface area contributed by atoms with Gasteiger partial charge < -0.3 is 30.4 Å². The SMILES string of the molecule is CC1(C)Cc2cccc(c2)C(=O)Nc2cccc(c2)/C2=C3\C=CC(=N3)/C3=c4/cc/c5n4Cn4c2ccc4/C(=C2/C=CC(=N2)/C=5c2ccccc2NC(=O)c2cccc(c2)CC(C)(C)Cc2cccc(c2)C(=O)Nc2ccccc23)c2ccccc2NC(=O)c2cccc(c2)C1. The van der Waals surface area contributed by atoms with Crippen LogP contribution in [0.4, 0.5) is 22.7 Å². The van der Waals surface area contributed by atoms with E-state index in [0.29, 0.717) is 93.5 Å². The van der Waals surface area contributed by atoms with Crippen LogP contribution in [0.25, 0.3) is 22.3 Å². The molecule has 462 valence electrons. The summed E-state index contributed by atoms with van der Waals surface area (Å²) in [5.41, 5.74) is 18.2. The maximum Gasteiger partial charge on any atom is 0.255 e. The lowest BCUT2D eigenvalue weighted by atomic mass is 9.79. The second kappa shape index (κ2) is 23.1. The van der Waals surface area contributed by atoms with Gasteiger partial charge in [0.1, 0.15) is 6.67 Å². The number of aromatic nitrogens is 2. The minimum absolute atomic E-state index is 0.194. The molecule has 16 rings (SSSR count). The molecule has 2 aromatic heterocycles. The lowest BCUT2D eigenvalue weighted by Gasteiger charge is -2.25. The normalized spacial score (nSPS) is 19.6. The molecule has 4 amide bonds. The lowest BCUT2D eigenvalue weighted by Crippen LogP contribution is -2.36. The number of hydrogen-bond acceptors (Lipinski definition) is 6. The number of allylic oxidation sites excluding steroid dienone is 4. The molecule has 8 heterocycles. The molecular formula is C83H66N8O4. The molecule has 4 N–H and O–H groups in total. The second-order valence-electron chi connectivity index (χ2n) is 27.0. The fraction of sp³-hybridized carbons (Fsp3) is 0.133. The Morgan fingerprint density at radius 3 is 1.15 bits per heavy atom.